The van der Waals surface area contributed by atoms with Gasteiger partial charge in [0.2, 0.25) is 11.8 Å². The topological polar surface area (TPSA) is 73.2 Å². The SMILES string of the molecule is CC(CC#N)N1CC(=O)NC(=O)C1. The number of carbonyl (C=O) groups excluding carboxylic acids is 2. The molecule has 1 rings (SSSR count). The third-order valence-electron chi connectivity index (χ3n) is 1.98. The van der Waals surface area contributed by atoms with Crippen molar-refractivity contribution in [3.8, 4) is 6.07 Å². The molecule has 1 unspecified atom stereocenters. The molecular weight excluding hydrogens is 170 g/mol. The molecule has 2 amide bonds. The van der Waals surface area contributed by atoms with Crippen molar-refractivity contribution in [2.45, 2.75) is 19.4 Å². The van der Waals surface area contributed by atoms with Crippen molar-refractivity contribution in [1.29, 1.82) is 5.26 Å². The first-order valence-corrected chi connectivity index (χ1v) is 4.07. The lowest BCUT2D eigenvalue weighted by Crippen LogP contribution is -2.53. The van der Waals surface area contributed by atoms with Gasteiger partial charge in [0.25, 0.3) is 0 Å². The Morgan fingerprint density at radius 3 is 2.54 bits per heavy atom. The van der Waals surface area contributed by atoms with E-state index in [4.69, 9.17) is 5.26 Å². The van der Waals surface area contributed by atoms with Gasteiger partial charge in [0.05, 0.1) is 25.6 Å². The number of nitrogens with zero attached hydrogens (tertiary/aromatic N) is 2. The van der Waals surface area contributed by atoms with E-state index >= 15 is 0 Å². The number of piperazine rings is 1. The van der Waals surface area contributed by atoms with Crippen molar-refractivity contribution >= 4 is 11.8 Å². The van der Waals surface area contributed by atoms with Crippen LogP contribution in [-0.4, -0.2) is 35.8 Å². The molecule has 0 radical (unpaired) electrons. The predicted molar refractivity (Wildman–Crippen MR) is 44.4 cm³/mol. The van der Waals surface area contributed by atoms with E-state index in [1.165, 1.54) is 0 Å². The van der Waals surface area contributed by atoms with Gasteiger partial charge in [-0.25, -0.2) is 0 Å². The zero-order chi connectivity index (χ0) is 9.84. The zero-order valence-electron chi connectivity index (χ0n) is 7.41. The third kappa shape index (κ3) is 2.53. The molecule has 1 fully saturated rings. The van der Waals surface area contributed by atoms with Gasteiger partial charge in [-0.3, -0.25) is 19.8 Å². The molecule has 1 N–H and O–H groups in total. The molecule has 1 heterocycles. The lowest BCUT2D eigenvalue weighted by molar-refractivity contribution is -0.136. The maximum atomic E-state index is 10.9. The monoisotopic (exact) mass is 181 g/mol. The van der Waals surface area contributed by atoms with Crippen LogP contribution in [0, 0.1) is 11.3 Å². The van der Waals surface area contributed by atoms with Crippen LogP contribution in [0.5, 0.6) is 0 Å². The summed E-state index contributed by atoms with van der Waals surface area (Å²) in [6.07, 6.45) is 0.334. The summed E-state index contributed by atoms with van der Waals surface area (Å²) in [5.41, 5.74) is 0. The fourth-order valence-corrected chi connectivity index (χ4v) is 1.23. The number of carbonyl (C=O) groups is 2. The van der Waals surface area contributed by atoms with Gasteiger partial charge in [-0.2, -0.15) is 5.26 Å². The molecule has 1 saturated heterocycles. The van der Waals surface area contributed by atoms with Crippen molar-refractivity contribution in [3.63, 3.8) is 0 Å². The van der Waals surface area contributed by atoms with E-state index in [2.05, 4.69) is 5.32 Å². The average molecular weight is 181 g/mol. The summed E-state index contributed by atoms with van der Waals surface area (Å²) < 4.78 is 0. The smallest absolute Gasteiger partial charge is 0.240 e. The van der Waals surface area contributed by atoms with Gasteiger partial charge in [-0.1, -0.05) is 0 Å². The largest absolute Gasteiger partial charge is 0.294 e. The fraction of sp³-hybridized carbons (Fsp3) is 0.625. The molecule has 0 bridgehead atoms. The Morgan fingerprint density at radius 1 is 1.54 bits per heavy atom. The molecule has 0 aliphatic carbocycles. The molecule has 70 valence electrons. The maximum Gasteiger partial charge on any atom is 0.240 e. The fourth-order valence-electron chi connectivity index (χ4n) is 1.23. The molecule has 5 nitrogen and oxygen atoms in total. The third-order valence-corrected chi connectivity index (χ3v) is 1.98. The normalized spacial score (nSPS) is 20.6. The van der Waals surface area contributed by atoms with E-state index in [-0.39, 0.29) is 30.9 Å². The summed E-state index contributed by atoms with van der Waals surface area (Å²) in [4.78, 5) is 23.6. The number of hydrogen-bond acceptors (Lipinski definition) is 4. The first kappa shape index (κ1) is 9.68. The molecule has 0 saturated carbocycles. The van der Waals surface area contributed by atoms with Crippen LogP contribution in [0.4, 0.5) is 0 Å². The molecular formula is C8H11N3O2. The van der Waals surface area contributed by atoms with Gasteiger partial charge in [-0.05, 0) is 6.92 Å². The number of hydrogen-bond donors (Lipinski definition) is 1. The Balaban J connectivity index is 2.55. The van der Waals surface area contributed by atoms with Crippen LogP contribution in [0.15, 0.2) is 0 Å². The highest BCUT2D eigenvalue weighted by Gasteiger charge is 2.25. The minimum Gasteiger partial charge on any atom is -0.294 e. The summed E-state index contributed by atoms with van der Waals surface area (Å²) in [6.45, 7) is 2.23. The van der Waals surface area contributed by atoms with Crippen molar-refractivity contribution in [2.24, 2.45) is 0 Å². The second-order valence-corrected chi connectivity index (χ2v) is 3.09. The number of nitriles is 1. The molecule has 1 atom stereocenters. The second-order valence-electron chi connectivity index (χ2n) is 3.09. The molecule has 0 aromatic rings. The van der Waals surface area contributed by atoms with E-state index in [1.54, 1.807) is 4.90 Å². The van der Waals surface area contributed by atoms with E-state index in [0.717, 1.165) is 0 Å². The van der Waals surface area contributed by atoms with E-state index in [1.807, 2.05) is 13.0 Å². The quantitative estimate of drug-likeness (QED) is 0.569. The number of nitrogens with one attached hydrogen (secondary N) is 1. The summed E-state index contributed by atoms with van der Waals surface area (Å²) >= 11 is 0. The Labute approximate surface area is 76.3 Å². The Kier molecular flexibility index (Phi) is 2.98. The predicted octanol–water partition coefficient (Wildman–Crippen LogP) is -0.753. The van der Waals surface area contributed by atoms with Crippen LogP contribution in [0.1, 0.15) is 13.3 Å². The first-order valence-electron chi connectivity index (χ1n) is 4.07. The molecule has 13 heavy (non-hydrogen) atoms. The van der Waals surface area contributed by atoms with Gasteiger partial charge < -0.3 is 0 Å². The first-order chi connectivity index (χ1) is 6.13. The van der Waals surface area contributed by atoms with Crippen molar-refractivity contribution in [1.82, 2.24) is 10.2 Å². The van der Waals surface area contributed by atoms with E-state index in [9.17, 15) is 9.59 Å². The number of imide groups is 1. The van der Waals surface area contributed by atoms with Gasteiger partial charge >= 0.3 is 0 Å². The van der Waals surface area contributed by atoms with Crippen LogP contribution in [0.25, 0.3) is 0 Å². The molecule has 1 aliphatic rings. The van der Waals surface area contributed by atoms with Gasteiger partial charge in [0.1, 0.15) is 0 Å². The van der Waals surface area contributed by atoms with Crippen molar-refractivity contribution in [3.05, 3.63) is 0 Å². The Morgan fingerprint density at radius 2 is 2.08 bits per heavy atom. The molecule has 5 heteroatoms. The minimum atomic E-state index is -0.291. The number of amides is 2. The molecule has 0 aromatic carbocycles. The average Bonchev–Trinajstić information content (AvgIpc) is 2.03. The summed E-state index contributed by atoms with van der Waals surface area (Å²) in [5.74, 6) is -0.581. The summed E-state index contributed by atoms with van der Waals surface area (Å²) in [6, 6.07) is 1.97. The van der Waals surface area contributed by atoms with Crippen molar-refractivity contribution in [2.75, 3.05) is 13.1 Å². The minimum absolute atomic E-state index is 0.0417. The Hall–Kier alpha value is -1.41. The summed E-state index contributed by atoms with van der Waals surface area (Å²) in [5, 5.41) is 10.6. The van der Waals surface area contributed by atoms with Crippen LogP contribution in [-0.2, 0) is 9.59 Å². The molecule has 0 spiro atoms. The van der Waals surface area contributed by atoms with Crippen LogP contribution < -0.4 is 5.32 Å². The highest BCUT2D eigenvalue weighted by molar-refractivity contribution is 5.99. The van der Waals surface area contributed by atoms with Crippen LogP contribution in [0.3, 0.4) is 0 Å². The highest BCUT2D eigenvalue weighted by atomic mass is 16.2. The van der Waals surface area contributed by atoms with Crippen LogP contribution >= 0.6 is 0 Å². The Bertz CT molecular complexity index is 253. The standard InChI is InChI=1S/C8H11N3O2/c1-6(2-3-9)11-4-7(12)10-8(13)5-11/h6H,2,4-5H2,1H3,(H,10,12,13). The van der Waals surface area contributed by atoms with Crippen LogP contribution in [0.2, 0.25) is 0 Å². The lowest BCUT2D eigenvalue weighted by Gasteiger charge is -2.29. The highest BCUT2D eigenvalue weighted by Crippen LogP contribution is 2.04. The van der Waals surface area contributed by atoms with Gasteiger partial charge in [0.15, 0.2) is 0 Å². The summed E-state index contributed by atoms with van der Waals surface area (Å²) in [7, 11) is 0. The van der Waals surface area contributed by atoms with E-state index < -0.39 is 0 Å². The maximum absolute atomic E-state index is 10.9. The second kappa shape index (κ2) is 4.01. The van der Waals surface area contributed by atoms with Crippen molar-refractivity contribution < 1.29 is 9.59 Å². The number of rotatable bonds is 2. The van der Waals surface area contributed by atoms with Gasteiger partial charge in [0, 0.05) is 6.04 Å². The van der Waals surface area contributed by atoms with Gasteiger partial charge in [-0.15, -0.1) is 0 Å². The lowest BCUT2D eigenvalue weighted by atomic mass is 10.2. The molecule has 1 aliphatic heterocycles. The zero-order valence-corrected chi connectivity index (χ0v) is 7.41. The molecule has 0 aromatic heterocycles. The van der Waals surface area contributed by atoms with E-state index in [0.29, 0.717) is 6.42 Å².